The van der Waals surface area contributed by atoms with Crippen LogP contribution in [0.4, 0.5) is 30.2 Å². The highest BCUT2D eigenvalue weighted by molar-refractivity contribution is 8.00. The summed E-state index contributed by atoms with van der Waals surface area (Å²) in [5, 5.41) is 2.18. The molecule has 0 bridgehead atoms. The van der Waals surface area contributed by atoms with Crippen molar-refractivity contribution >= 4 is 57.9 Å². The topological polar surface area (TPSA) is 91.7 Å². The number of thioether (sulfide) groups is 1. The molecule has 3 heterocycles. The number of fused-ring (bicyclic) bond motifs is 2. The van der Waals surface area contributed by atoms with E-state index in [-0.39, 0.29) is 12.2 Å². The molecule has 2 aliphatic heterocycles. The zero-order valence-electron chi connectivity index (χ0n) is 24.3. The molecule has 1 aromatic heterocycles. The number of hydrogen-bond donors (Lipinski definition) is 1. The molecular formula is C32H27F3N4O4S2. The second-order valence-corrected chi connectivity index (χ2v) is 13.2. The van der Waals surface area contributed by atoms with Crippen LogP contribution >= 0.6 is 23.1 Å². The van der Waals surface area contributed by atoms with Crippen LogP contribution in [0.2, 0.25) is 0 Å². The van der Waals surface area contributed by atoms with E-state index in [1.807, 2.05) is 62.3 Å². The Bertz CT molecular complexity index is 1880. The number of nitrogens with one attached hydrogen (secondary N) is 1. The van der Waals surface area contributed by atoms with Gasteiger partial charge in [-0.2, -0.15) is 13.2 Å². The molecule has 13 heteroatoms. The molecule has 3 atom stereocenters. The Morgan fingerprint density at radius 2 is 1.67 bits per heavy atom. The molecule has 3 amide bonds. The number of rotatable bonds is 6. The van der Waals surface area contributed by atoms with E-state index in [1.165, 1.54) is 10.6 Å². The monoisotopic (exact) mass is 652 g/mol. The lowest BCUT2D eigenvalue weighted by Gasteiger charge is -2.31. The van der Waals surface area contributed by atoms with Gasteiger partial charge in [0.15, 0.2) is 0 Å². The van der Waals surface area contributed by atoms with Gasteiger partial charge in [0.1, 0.15) is 11.8 Å². The molecule has 0 radical (unpaired) electrons. The molecule has 2 aliphatic rings. The molecule has 232 valence electrons. The number of benzene rings is 3. The van der Waals surface area contributed by atoms with Crippen LogP contribution in [-0.2, 0) is 27.1 Å². The maximum absolute atomic E-state index is 14.0. The quantitative estimate of drug-likeness (QED) is 0.268. The third-order valence-corrected chi connectivity index (χ3v) is 10.6. The molecule has 1 fully saturated rings. The summed E-state index contributed by atoms with van der Waals surface area (Å²) in [4.78, 5) is 57.3. The number of alkyl halides is 3. The lowest BCUT2D eigenvalue weighted by molar-refractivity contribution is -0.137. The Hall–Kier alpha value is -4.36. The van der Waals surface area contributed by atoms with Crippen molar-refractivity contribution in [2.45, 2.75) is 35.8 Å². The Balaban J connectivity index is 1.42. The minimum absolute atomic E-state index is 0.171. The van der Waals surface area contributed by atoms with Gasteiger partial charge in [0, 0.05) is 36.3 Å². The van der Waals surface area contributed by atoms with Crippen LogP contribution in [0.5, 0.6) is 0 Å². The van der Waals surface area contributed by atoms with Gasteiger partial charge in [0.05, 0.1) is 22.2 Å². The van der Waals surface area contributed by atoms with Crippen molar-refractivity contribution in [1.29, 1.82) is 0 Å². The lowest BCUT2D eigenvalue weighted by Crippen LogP contribution is -2.33. The van der Waals surface area contributed by atoms with Gasteiger partial charge in [-0.1, -0.05) is 59.5 Å². The number of nitrogens with zero attached hydrogens (tertiary/aromatic N) is 3. The predicted molar refractivity (Wildman–Crippen MR) is 168 cm³/mol. The maximum atomic E-state index is 14.0. The van der Waals surface area contributed by atoms with Crippen molar-refractivity contribution in [3.05, 3.63) is 104 Å². The normalized spacial score (nSPS) is 19.3. The molecule has 45 heavy (non-hydrogen) atoms. The van der Waals surface area contributed by atoms with Gasteiger partial charge in [-0.25, -0.2) is 4.90 Å². The summed E-state index contributed by atoms with van der Waals surface area (Å²) in [6.07, 6.45) is -4.67. The number of imide groups is 1. The summed E-state index contributed by atoms with van der Waals surface area (Å²) in [5.74, 6) is -3.49. The van der Waals surface area contributed by atoms with Gasteiger partial charge in [0.2, 0.25) is 17.7 Å². The fraction of sp³-hybridized carbons (Fsp3) is 0.250. The second kappa shape index (κ2) is 11.5. The third kappa shape index (κ3) is 5.54. The molecule has 0 saturated carbocycles. The van der Waals surface area contributed by atoms with Crippen LogP contribution in [0.3, 0.4) is 0 Å². The summed E-state index contributed by atoms with van der Waals surface area (Å²) in [7, 11) is 3.75. The molecule has 3 aromatic carbocycles. The molecule has 1 saturated heterocycles. The predicted octanol–water partition coefficient (Wildman–Crippen LogP) is 5.74. The fourth-order valence-electron chi connectivity index (χ4n) is 5.72. The molecule has 0 spiro atoms. The van der Waals surface area contributed by atoms with E-state index in [4.69, 9.17) is 0 Å². The van der Waals surface area contributed by atoms with Crippen LogP contribution < -0.4 is 20.0 Å². The number of carbonyl (C=O) groups excluding carboxylic acids is 3. The average molecular weight is 653 g/mol. The largest absolute Gasteiger partial charge is 0.416 e. The number of hydrogen-bond acceptors (Lipinski definition) is 7. The van der Waals surface area contributed by atoms with E-state index in [9.17, 15) is 32.3 Å². The molecular weight excluding hydrogens is 626 g/mol. The number of anilines is 3. The van der Waals surface area contributed by atoms with Crippen LogP contribution in [0.1, 0.15) is 27.5 Å². The molecule has 3 unspecified atom stereocenters. The minimum atomic E-state index is -4.67. The van der Waals surface area contributed by atoms with Gasteiger partial charge in [-0.05, 0) is 54.4 Å². The lowest BCUT2D eigenvalue weighted by atomic mass is 9.83. The zero-order valence-corrected chi connectivity index (χ0v) is 25.9. The number of carbonyl (C=O) groups is 3. The van der Waals surface area contributed by atoms with Crippen molar-refractivity contribution in [1.82, 2.24) is 4.57 Å². The van der Waals surface area contributed by atoms with E-state index < -0.39 is 51.4 Å². The summed E-state index contributed by atoms with van der Waals surface area (Å²) < 4.78 is 41.9. The second-order valence-electron chi connectivity index (χ2n) is 11.1. The Labute approximate surface area is 264 Å². The molecule has 4 aromatic rings. The first-order chi connectivity index (χ1) is 21.3. The van der Waals surface area contributed by atoms with E-state index in [1.54, 1.807) is 12.1 Å². The molecule has 0 aliphatic carbocycles. The average Bonchev–Trinajstić information content (AvgIpc) is 3.44. The van der Waals surface area contributed by atoms with Crippen LogP contribution in [0.15, 0.2) is 82.6 Å². The minimum Gasteiger partial charge on any atom is -0.378 e. The SMILES string of the molecule is Cc1ccccc1NC(=O)Cn1c2c(sc1=O)C(c1ccc(N(C)C)cc1)C1C(=O)N(c3cccc(C(F)(F)F)c3)C(=O)C1S2. The number of para-hydroxylation sites is 1. The van der Waals surface area contributed by atoms with Gasteiger partial charge in [0.25, 0.3) is 0 Å². The summed E-state index contributed by atoms with van der Waals surface area (Å²) in [5.41, 5.74) is 1.84. The number of aryl methyl sites for hydroxylation is 1. The van der Waals surface area contributed by atoms with E-state index in [0.717, 1.165) is 57.4 Å². The van der Waals surface area contributed by atoms with Crippen molar-refractivity contribution in [2.75, 3.05) is 29.2 Å². The number of thiazole rings is 1. The highest BCUT2D eigenvalue weighted by atomic mass is 32.2. The molecule has 8 nitrogen and oxygen atoms in total. The summed E-state index contributed by atoms with van der Waals surface area (Å²) >= 11 is 1.91. The Kier molecular flexibility index (Phi) is 7.86. The van der Waals surface area contributed by atoms with Crippen LogP contribution in [-0.4, -0.2) is 41.6 Å². The highest BCUT2D eigenvalue weighted by Gasteiger charge is 2.57. The van der Waals surface area contributed by atoms with Crippen molar-refractivity contribution in [2.24, 2.45) is 5.92 Å². The zero-order chi connectivity index (χ0) is 32.2. The van der Waals surface area contributed by atoms with Gasteiger partial charge in [-0.3, -0.25) is 23.7 Å². The van der Waals surface area contributed by atoms with Crippen molar-refractivity contribution < 1.29 is 27.6 Å². The van der Waals surface area contributed by atoms with Crippen LogP contribution in [0, 0.1) is 12.8 Å². The third-order valence-electron chi connectivity index (χ3n) is 7.97. The number of halogens is 3. The van der Waals surface area contributed by atoms with Gasteiger partial charge < -0.3 is 10.2 Å². The van der Waals surface area contributed by atoms with Crippen molar-refractivity contribution in [3.63, 3.8) is 0 Å². The fourth-order valence-corrected chi connectivity index (χ4v) is 8.49. The Morgan fingerprint density at radius 3 is 2.33 bits per heavy atom. The number of aromatic nitrogens is 1. The van der Waals surface area contributed by atoms with Gasteiger partial charge in [-0.15, -0.1) is 0 Å². The van der Waals surface area contributed by atoms with Crippen LogP contribution in [0.25, 0.3) is 0 Å². The smallest absolute Gasteiger partial charge is 0.378 e. The summed E-state index contributed by atoms with van der Waals surface area (Å²) in [6, 6.07) is 18.7. The van der Waals surface area contributed by atoms with Gasteiger partial charge >= 0.3 is 11.0 Å². The van der Waals surface area contributed by atoms with E-state index in [2.05, 4.69) is 5.32 Å². The highest BCUT2D eigenvalue weighted by Crippen LogP contribution is 2.54. The molecule has 1 N–H and O–H groups in total. The summed E-state index contributed by atoms with van der Waals surface area (Å²) in [6.45, 7) is 1.52. The van der Waals surface area contributed by atoms with E-state index >= 15 is 0 Å². The first kappa shape index (κ1) is 30.7. The first-order valence-electron chi connectivity index (χ1n) is 13.9. The number of amides is 3. The molecule has 6 rings (SSSR count). The maximum Gasteiger partial charge on any atom is 0.416 e. The van der Waals surface area contributed by atoms with Crippen molar-refractivity contribution in [3.8, 4) is 0 Å². The first-order valence-corrected chi connectivity index (χ1v) is 15.6. The standard InChI is InChI=1S/C32H27F3N4O4S2/c1-17-7-4-5-10-22(17)36-23(40)16-38-30-27(45-31(38)43)24(18-11-13-20(14-12-18)37(2)3)25-26(44-30)29(42)39(28(25)41)21-9-6-8-19(15-21)32(33,34)35/h4-15,24-26H,16H2,1-3H3,(H,36,40). The Morgan fingerprint density at radius 1 is 0.956 bits per heavy atom. The van der Waals surface area contributed by atoms with E-state index in [0.29, 0.717) is 21.2 Å².